The molecule has 0 amide bonds. The van der Waals surface area contributed by atoms with E-state index in [0.29, 0.717) is 18.9 Å². The molecule has 0 heterocycles. The summed E-state index contributed by atoms with van der Waals surface area (Å²) >= 11 is 0. The Bertz CT molecular complexity index is 422. The van der Waals surface area contributed by atoms with Gasteiger partial charge in [0.1, 0.15) is 5.69 Å². The van der Waals surface area contributed by atoms with Gasteiger partial charge in [0, 0.05) is 25.3 Å². The van der Waals surface area contributed by atoms with Crippen molar-refractivity contribution in [1.29, 1.82) is 0 Å². The van der Waals surface area contributed by atoms with Gasteiger partial charge in [0.15, 0.2) is 0 Å². The van der Waals surface area contributed by atoms with Gasteiger partial charge in [-0.25, -0.2) is 0 Å². The molecule has 0 radical (unpaired) electrons. The maximum atomic E-state index is 10.9. The van der Waals surface area contributed by atoms with Crippen LogP contribution < -0.4 is 5.32 Å². The highest BCUT2D eigenvalue weighted by molar-refractivity contribution is 5.65. The van der Waals surface area contributed by atoms with Crippen LogP contribution in [-0.2, 0) is 11.3 Å². The molecule has 0 saturated heterocycles. The molecule has 112 valence electrons. The van der Waals surface area contributed by atoms with Crippen LogP contribution in [0.3, 0.4) is 0 Å². The second-order valence-corrected chi connectivity index (χ2v) is 4.79. The van der Waals surface area contributed by atoms with Crippen molar-refractivity contribution >= 4 is 11.4 Å². The number of hydrogen-bond acceptors (Lipinski definition) is 4. The summed E-state index contributed by atoms with van der Waals surface area (Å²) in [6.45, 7) is 3.30. The summed E-state index contributed by atoms with van der Waals surface area (Å²) in [5, 5.41) is 13.8. The van der Waals surface area contributed by atoms with Gasteiger partial charge in [0.2, 0.25) is 0 Å². The molecule has 1 aromatic carbocycles. The van der Waals surface area contributed by atoms with Crippen molar-refractivity contribution in [3.05, 3.63) is 33.9 Å². The Balaban J connectivity index is 2.44. The van der Waals surface area contributed by atoms with Gasteiger partial charge >= 0.3 is 0 Å². The predicted octanol–water partition coefficient (Wildman–Crippen LogP) is 4.12. The van der Waals surface area contributed by atoms with E-state index < -0.39 is 0 Å². The normalized spacial score (nSPS) is 10.5. The number of unbranched alkanes of at least 4 members (excludes halogenated alkanes) is 4. The molecule has 0 fully saturated rings. The maximum absolute atomic E-state index is 10.9. The van der Waals surface area contributed by atoms with Crippen LogP contribution in [-0.4, -0.2) is 18.6 Å². The number of ether oxygens (including phenoxy) is 1. The fourth-order valence-corrected chi connectivity index (χ4v) is 2.14. The van der Waals surface area contributed by atoms with Crippen molar-refractivity contribution < 1.29 is 9.66 Å². The van der Waals surface area contributed by atoms with Crippen LogP contribution in [0.2, 0.25) is 0 Å². The molecule has 5 heteroatoms. The standard InChI is InChI=1S/C15H24N2O3/c1-3-4-5-6-7-11-20-12-13-9-8-10-14(17(18)19)15(13)16-2/h8-10,16H,3-7,11-12H2,1-2H3. The van der Waals surface area contributed by atoms with Crippen molar-refractivity contribution in [2.75, 3.05) is 19.0 Å². The largest absolute Gasteiger partial charge is 0.382 e. The lowest BCUT2D eigenvalue weighted by Crippen LogP contribution is -2.03. The Morgan fingerprint density at radius 3 is 2.65 bits per heavy atom. The molecule has 0 aliphatic heterocycles. The Labute approximate surface area is 120 Å². The molecular formula is C15H24N2O3. The SMILES string of the molecule is CCCCCCCOCc1cccc([N+](=O)[O-])c1NC. The minimum absolute atomic E-state index is 0.0940. The Hall–Kier alpha value is -1.62. The molecule has 0 aromatic heterocycles. The molecule has 5 nitrogen and oxygen atoms in total. The zero-order valence-corrected chi connectivity index (χ0v) is 12.4. The highest BCUT2D eigenvalue weighted by atomic mass is 16.6. The zero-order valence-electron chi connectivity index (χ0n) is 12.4. The van der Waals surface area contributed by atoms with Crippen LogP contribution in [0.25, 0.3) is 0 Å². The molecule has 0 aliphatic rings. The molecule has 1 aromatic rings. The van der Waals surface area contributed by atoms with Gasteiger partial charge in [-0.05, 0) is 6.42 Å². The molecular weight excluding hydrogens is 256 g/mol. The summed E-state index contributed by atoms with van der Waals surface area (Å²) in [6.07, 6.45) is 5.98. The number of rotatable bonds is 10. The Morgan fingerprint density at radius 2 is 2.00 bits per heavy atom. The molecule has 0 unspecified atom stereocenters. The maximum Gasteiger partial charge on any atom is 0.292 e. The van der Waals surface area contributed by atoms with E-state index in [1.807, 2.05) is 6.07 Å². The van der Waals surface area contributed by atoms with E-state index >= 15 is 0 Å². The van der Waals surface area contributed by atoms with E-state index in [1.165, 1.54) is 31.7 Å². The third-order valence-corrected chi connectivity index (χ3v) is 3.23. The average molecular weight is 280 g/mol. The highest BCUT2D eigenvalue weighted by Gasteiger charge is 2.15. The van der Waals surface area contributed by atoms with Gasteiger partial charge in [-0.15, -0.1) is 0 Å². The van der Waals surface area contributed by atoms with Crippen molar-refractivity contribution in [2.45, 2.75) is 45.6 Å². The average Bonchev–Trinajstić information content (AvgIpc) is 2.45. The molecule has 0 atom stereocenters. The van der Waals surface area contributed by atoms with Gasteiger partial charge in [0.25, 0.3) is 5.69 Å². The number of nitro groups is 1. The minimum Gasteiger partial charge on any atom is -0.382 e. The molecule has 1 rings (SSSR count). The number of para-hydroxylation sites is 1. The summed E-state index contributed by atoms with van der Waals surface area (Å²) < 4.78 is 5.61. The first-order chi connectivity index (χ1) is 9.70. The first-order valence-corrected chi connectivity index (χ1v) is 7.22. The summed E-state index contributed by atoms with van der Waals surface area (Å²) in [5.74, 6) is 0. The lowest BCUT2D eigenvalue weighted by molar-refractivity contribution is -0.384. The highest BCUT2D eigenvalue weighted by Crippen LogP contribution is 2.28. The van der Waals surface area contributed by atoms with E-state index in [2.05, 4.69) is 12.2 Å². The van der Waals surface area contributed by atoms with E-state index in [0.717, 1.165) is 12.0 Å². The molecule has 0 bridgehead atoms. The monoisotopic (exact) mass is 280 g/mol. The fourth-order valence-electron chi connectivity index (χ4n) is 2.14. The van der Waals surface area contributed by atoms with Gasteiger partial charge in [-0.3, -0.25) is 10.1 Å². The van der Waals surface area contributed by atoms with Crippen molar-refractivity contribution in [3.8, 4) is 0 Å². The topological polar surface area (TPSA) is 64.4 Å². The predicted molar refractivity (Wildman–Crippen MR) is 81.1 cm³/mol. The van der Waals surface area contributed by atoms with Gasteiger partial charge in [-0.2, -0.15) is 0 Å². The van der Waals surface area contributed by atoms with Crippen LogP contribution in [0.1, 0.15) is 44.6 Å². The molecule has 0 spiro atoms. The van der Waals surface area contributed by atoms with Crippen LogP contribution >= 0.6 is 0 Å². The van der Waals surface area contributed by atoms with Crippen LogP contribution in [0.4, 0.5) is 11.4 Å². The fraction of sp³-hybridized carbons (Fsp3) is 0.600. The van der Waals surface area contributed by atoms with Crippen molar-refractivity contribution in [2.24, 2.45) is 0 Å². The van der Waals surface area contributed by atoms with E-state index in [4.69, 9.17) is 4.74 Å². The minimum atomic E-state index is -0.375. The number of anilines is 1. The number of nitro benzene ring substituents is 1. The third kappa shape index (κ3) is 5.17. The van der Waals surface area contributed by atoms with Crippen LogP contribution in [0.5, 0.6) is 0 Å². The number of nitrogens with one attached hydrogen (secondary N) is 1. The second kappa shape index (κ2) is 9.31. The van der Waals surface area contributed by atoms with Crippen molar-refractivity contribution in [3.63, 3.8) is 0 Å². The first-order valence-electron chi connectivity index (χ1n) is 7.22. The van der Waals surface area contributed by atoms with Gasteiger partial charge in [-0.1, -0.05) is 44.7 Å². The molecule has 1 N–H and O–H groups in total. The summed E-state index contributed by atoms with van der Waals surface area (Å²) in [5.41, 5.74) is 1.47. The second-order valence-electron chi connectivity index (χ2n) is 4.79. The number of nitrogens with zero attached hydrogens (tertiary/aromatic N) is 1. The Morgan fingerprint density at radius 1 is 1.25 bits per heavy atom. The Kier molecular flexibility index (Phi) is 7.65. The van der Waals surface area contributed by atoms with Crippen LogP contribution in [0, 0.1) is 10.1 Å². The summed E-state index contributed by atoms with van der Waals surface area (Å²) in [7, 11) is 1.69. The lowest BCUT2D eigenvalue weighted by atomic mass is 10.1. The number of benzene rings is 1. The van der Waals surface area contributed by atoms with Gasteiger partial charge in [0.05, 0.1) is 11.5 Å². The van der Waals surface area contributed by atoms with E-state index in [-0.39, 0.29) is 10.6 Å². The summed E-state index contributed by atoms with van der Waals surface area (Å²) in [6, 6.07) is 5.05. The quantitative estimate of drug-likeness (QED) is 0.398. The van der Waals surface area contributed by atoms with Crippen molar-refractivity contribution in [1.82, 2.24) is 0 Å². The van der Waals surface area contributed by atoms with E-state index in [1.54, 1.807) is 13.1 Å². The molecule has 0 aliphatic carbocycles. The number of hydrogen-bond donors (Lipinski definition) is 1. The van der Waals surface area contributed by atoms with E-state index in [9.17, 15) is 10.1 Å². The smallest absolute Gasteiger partial charge is 0.292 e. The molecule has 0 saturated carbocycles. The summed E-state index contributed by atoms with van der Waals surface area (Å²) in [4.78, 5) is 10.6. The van der Waals surface area contributed by atoms with Crippen LogP contribution in [0.15, 0.2) is 18.2 Å². The third-order valence-electron chi connectivity index (χ3n) is 3.23. The zero-order chi connectivity index (χ0) is 14.8. The molecule has 20 heavy (non-hydrogen) atoms. The lowest BCUT2D eigenvalue weighted by Gasteiger charge is -2.10. The van der Waals surface area contributed by atoms with Gasteiger partial charge < -0.3 is 10.1 Å². The first kappa shape index (κ1) is 16.4.